The lowest BCUT2D eigenvalue weighted by molar-refractivity contribution is 0.0937. The highest BCUT2D eigenvalue weighted by molar-refractivity contribution is 5.94. The van der Waals surface area contributed by atoms with Crippen LogP contribution in [-0.4, -0.2) is 37.7 Å². The van der Waals surface area contributed by atoms with Crippen LogP contribution in [0, 0.1) is 0 Å². The van der Waals surface area contributed by atoms with Gasteiger partial charge in [0.05, 0.1) is 24.1 Å². The molecule has 116 valence electrons. The average Bonchev–Trinajstić information content (AvgIpc) is 2.57. The van der Waals surface area contributed by atoms with Gasteiger partial charge in [-0.1, -0.05) is 18.2 Å². The van der Waals surface area contributed by atoms with Crippen LogP contribution in [0.5, 0.6) is 0 Å². The number of pyridine rings is 1. The molecule has 1 aromatic carbocycles. The highest BCUT2D eigenvalue weighted by Gasteiger charge is 2.11. The molecular formula is C17H21N3O2. The number of amides is 1. The van der Waals surface area contributed by atoms with E-state index in [0.29, 0.717) is 18.7 Å². The Balaban J connectivity index is 2.18. The lowest BCUT2D eigenvalue weighted by Crippen LogP contribution is -2.27. The highest BCUT2D eigenvalue weighted by atomic mass is 16.5. The molecule has 0 radical (unpaired) electrons. The van der Waals surface area contributed by atoms with E-state index >= 15 is 0 Å². The molecule has 1 aromatic heterocycles. The molecule has 2 rings (SSSR count). The number of nitrogens with zero attached hydrogens (tertiary/aromatic N) is 2. The maximum Gasteiger partial charge on any atom is 0.253 e. The number of methoxy groups -OCH3 is 1. The van der Waals surface area contributed by atoms with Crippen molar-refractivity contribution in [1.82, 2.24) is 10.3 Å². The van der Waals surface area contributed by atoms with Crippen LogP contribution in [-0.2, 0) is 4.74 Å². The number of benzene rings is 1. The summed E-state index contributed by atoms with van der Waals surface area (Å²) < 4.78 is 4.93. The molecule has 0 aliphatic carbocycles. The van der Waals surface area contributed by atoms with Gasteiger partial charge in [0.1, 0.15) is 0 Å². The second-order valence-corrected chi connectivity index (χ2v) is 4.76. The molecular weight excluding hydrogens is 278 g/mol. The number of aromatic nitrogens is 1. The molecule has 0 atom stereocenters. The molecule has 0 unspecified atom stereocenters. The smallest absolute Gasteiger partial charge is 0.253 e. The Kier molecular flexibility index (Phi) is 5.91. The summed E-state index contributed by atoms with van der Waals surface area (Å²) in [4.78, 5) is 18.4. The molecule has 5 nitrogen and oxygen atoms in total. The van der Waals surface area contributed by atoms with Gasteiger partial charge in [-0.25, -0.2) is 0 Å². The number of nitrogens with one attached hydrogen (secondary N) is 1. The average molecular weight is 299 g/mol. The van der Waals surface area contributed by atoms with Crippen molar-refractivity contribution in [1.29, 1.82) is 0 Å². The normalized spacial score (nSPS) is 10.3. The van der Waals surface area contributed by atoms with Gasteiger partial charge >= 0.3 is 0 Å². The second-order valence-electron chi connectivity index (χ2n) is 4.76. The van der Waals surface area contributed by atoms with E-state index in [1.54, 1.807) is 19.5 Å². The molecule has 0 saturated carbocycles. The zero-order valence-electron chi connectivity index (χ0n) is 13.0. The number of hydrogen-bond donors (Lipinski definition) is 1. The van der Waals surface area contributed by atoms with Crippen molar-refractivity contribution >= 4 is 17.3 Å². The molecule has 0 bridgehead atoms. The number of hydrogen-bond acceptors (Lipinski definition) is 4. The fourth-order valence-corrected chi connectivity index (χ4v) is 2.19. The minimum absolute atomic E-state index is 0.143. The molecule has 0 aliphatic heterocycles. The predicted molar refractivity (Wildman–Crippen MR) is 87.6 cm³/mol. The van der Waals surface area contributed by atoms with Crippen molar-refractivity contribution in [3.8, 4) is 0 Å². The first-order valence-corrected chi connectivity index (χ1v) is 7.31. The van der Waals surface area contributed by atoms with E-state index in [4.69, 9.17) is 4.74 Å². The van der Waals surface area contributed by atoms with Crippen molar-refractivity contribution in [3.63, 3.8) is 0 Å². The van der Waals surface area contributed by atoms with Crippen molar-refractivity contribution in [2.75, 3.05) is 31.7 Å². The zero-order chi connectivity index (χ0) is 15.8. The van der Waals surface area contributed by atoms with Crippen molar-refractivity contribution in [2.45, 2.75) is 6.92 Å². The van der Waals surface area contributed by atoms with Crippen LogP contribution >= 0.6 is 0 Å². The van der Waals surface area contributed by atoms with Crippen LogP contribution in [0.3, 0.4) is 0 Å². The third kappa shape index (κ3) is 4.05. The fraction of sp³-hybridized carbons (Fsp3) is 0.294. The summed E-state index contributed by atoms with van der Waals surface area (Å²) in [7, 11) is 1.60. The topological polar surface area (TPSA) is 54.5 Å². The molecule has 1 N–H and O–H groups in total. The third-order valence-corrected chi connectivity index (χ3v) is 3.27. The number of ether oxygens (including phenoxy) is 1. The minimum Gasteiger partial charge on any atom is -0.383 e. The molecule has 0 fully saturated rings. The third-order valence-electron chi connectivity index (χ3n) is 3.27. The Hall–Kier alpha value is -2.40. The Labute approximate surface area is 130 Å². The molecule has 0 saturated heterocycles. The molecule has 5 heteroatoms. The molecule has 2 aromatic rings. The quantitative estimate of drug-likeness (QED) is 0.799. The minimum atomic E-state index is -0.143. The van der Waals surface area contributed by atoms with Gasteiger partial charge in [0.15, 0.2) is 0 Å². The standard InChI is InChI=1S/C17H21N3O2/c1-3-20(15-7-5-4-6-8-15)16-11-14(12-18-13-16)17(21)19-9-10-22-2/h4-8,11-13H,3,9-10H2,1-2H3,(H,19,21). The summed E-state index contributed by atoms with van der Waals surface area (Å²) in [5.74, 6) is -0.143. The molecule has 0 aliphatic rings. The summed E-state index contributed by atoms with van der Waals surface area (Å²) in [6.45, 7) is 3.83. The van der Waals surface area contributed by atoms with Crippen LogP contribution in [0.1, 0.15) is 17.3 Å². The van der Waals surface area contributed by atoms with Crippen LogP contribution < -0.4 is 10.2 Å². The number of carbonyl (C=O) groups is 1. The van der Waals surface area contributed by atoms with Gasteiger partial charge in [-0.2, -0.15) is 0 Å². The van der Waals surface area contributed by atoms with E-state index in [1.165, 1.54) is 0 Å². The first kappa shape index (κ1) is 16.0. The number of para-hydroxylation sites is 1. The number of rotatable bonds is 7. The summed E-state index contributed by atoms with van der Waals surface area (Å²) in [5, 5.41) is 2.80. The second kappa shape index (κ2) is 8.14. The van der Waals surface area contributed by atoms with E-state index in [0.717, 1.165) is 17.9 Å². The van der Waals surface area contributed by atoms with Crippen LogP contribution in [0.25, 0.3) is 0 Å². The van der Waals surface area contributed by atoms with Gasteiger partial charge in [-0.15, -0.1) is 0 Å². The van der Waals surface area contributed by atoms with Gasteiger partial charge in [0.25, 0.3) is 5.91 Å². The van der Waals surface area contributed by atoms with E-state index in [1.807, 2.05) is 36.4 Å². The summed E-state index contributed by atoms with van der Waals surface area (Å²) >= 11 is 0. The zero-order valence-corrected chi connectivity index (χ0v) is 13.0. The number of anilines is 2. The van der Waals surface area contributed by atoms with E-state index in [-0.39, 0.29) is 5.91 Å². The predicted octanol–water partition coefficient (Wildman–Crippen LogP) is 2.62. The van der Waals surface area contributed by atoms with E-state index in [9.17, 15) is 4.79 Å². The van der Waals surface area contributed by atoms with Gasteiger partial charge in [0.2, 0.25) is 0 Å². The van der Waals surface area contributed by atoms with Gasteiger partial charge in [0, 0.05) is 32.1 Å². The maximum absolute atomic E-state index is 12.1. The largest absolute Gasteiger partial charge is 0.383 e. The van der Waals surface area contributed by atoms with Crippen molar-refractivity contribution < 1.29 is 9.53 Å². The molecule has 0 spiro atoms. The lowest BCUT2D eigenvalue weighted by Gasteiger charge is -2.23. The molecule has 1 heterocycles. The van der Waals surface area contributed by atoms with E-state index in [2.05, 4.69) is 22.1 Å². The van der Waals surface area contributed by atoms with Crippen molar-refractivity contribution in [2.24, 2.45) is 0 Å². The lowest BCUT2D eigenvalue weighted by atomic mass is 10.2. The van der Waals surface area contributed by atoms with Crippen LogP contribution in [0.15, 0.2) is 48.8 Å². The molecule has 22 heavy (non-hydrogen) atoms. The maximum atomic E-state index is 12.1. The highest BCUT2D eigenvalue weighted by Crippen LogP contribution is 2.24. The Morgan fingerprint density at radius 2 is 2.00 bits per heavy atom. The van der Waals surface area contributed by atoms with Gasteiger partial charge in [-0.05, 0) is 25.1 Å². The Morgan fingerprint density at radius 1 is 1.23 bits per heavy atom. The summed E-state index contributed by atoms with van der Waals surface area (Å²) in [5.41, 5.74) is 2.51. The SMILES string of the molecule is CCN(c1ccccc1)c1cncc(C(=O)NCCOC)c1. The van der Waals surface area contributed by atoms with Crippen molar-refractivity contribution in [3.05, 3.63) is 54.4 Å². The Bertz CT molecular complexity index is 602. The summed E-state index contributed by atoms with van der Waals surface area (Å²) in [6.07, 6.45) is 3.34. The van der Waals surface area contributed by atoms with Gasteiger partial charge in [-0.3, -0.25) is 9.78 Å². The Morgan fingerprint density at radius 3 is 2.68 bits per heavy atom. The van der Waals surface area contributed by atoms with E-state index < -0.39 is 0 Å². The monoisotopic (exact) mass is 299 g/mol. The van der Waals surface area contributed by atoms with Crippen LogP contribution in [0.4, 0.5) is 11.4 Å². The first-order valence-electron chi connectivity index (χ1n) is 7.31. The van der Waals surface area contributed by atoms with Crippen LogP contribution in [0.2, 0.25) is 0 Å². The van der Waals surface area contributed by atoms with Gasteiger partial charge < -0.3 is 15.0 Å². The molecule has 1 amide bonds. The fourth-order valence-electron chi connectivity index (χ4n) is 2.19. The number of carbonyl (C=O) groups excluding carboxylic acids is 1. The first-order chi connectivity index (χ1) is 10.8. The summed E-state index contributed by atoms with van der Waals surface area (Å²) in [6, 6.07) is 11.9.